The molecule has 0 atom stereocenters. The summed E-state index contributed by atoms with van der Waals surface area (Å²) in [5, 5.41) is 2.88. The van der Waals surface area contributed by atoms with Crippen molar-refractivity contribution in [3.63, 3.8) is 0 Å². The number of hydrogen-bond acceptors (Lipinski definition) is 3. The molecule has 1 aromatic carbocycles. The molecule has 0 unspecified atom stereocenters. The van der Waals surface area contributed by atoms with E-state index in [4.69, 9.17) is 4.74 Å². The second-order valence-corrected chi connectivity index (χ2v) is 6.55. The lowest BCUT2D eigenvalue weighted by atomic mass is 9.96. The average Bonchev–Trinajstić information content (AvgIpc) is 3.33. The maximum atomic E-state index is 12.6. The number of nitrogens with one attached hydrogen (secondary N) is 1. The molecular formula is C18H24N2O3. The molecule has 0 spiro atoms. The Hall–Kier alpha value is -1.88. The van der Waals surface area contributed by atoms with Crippen molar-refractivity contribution in [2.24, 2.45) is 5.92 Å². The predicted octanol–water partition coefficient (Wildman–Crippen LogP) is 2.66. The van der Waals surface area contributed by atoms with Crippen molar-refractivity contribution in [3.8, 4) is 0 Å². The van der Waals surface area contributed by atoms with E-state index in [1.54, 1.807) is 0 Å². The first-order chi connectivity index (χ1) is 11.1. The fourth-order valence-corrected chi connectivity index (χ4v) is 3.14. The second kappa shape index (κ2) is 6.71. The summed E-state index contributed by atoms with van der Waals surface area (Å²) in [6.07, 6.45) is 4.22. The highest BCUT2D eigenvalue weighted by atomic mass is 16.5. The summed E-state index contributed by atoms with van der Waals surface area (Å²) < 4.78 is 5.56. The lowest BCUT2D eigenvalue weighted by molar-refractivity contribution is -0.123. The minimum atomic E-state index is -0.0905. The molecule has 3 rings (SSSR count). The van der Waals surface area contributed by atoms with Crippen molar-refractivity contribution in [2.45, 2.75) is 39.5 Å². The molecule has 1 N–H and O–H groups in total. The zero-order valence-electron chi connectivity index (χ0n) is 13.9. The van der Waals surface area contributed by atoms with E-state index in [9.17, 15) is 9.59 Å². The van der Waals surface area contributed by atoms with Gasteiger partial charge in [0.05, 0.1) is 12.3 Å². The zero-order valence-corrected chi connectivity index (χ0v) is 13.9. The summed E-state index contributed by atoms with van der Waals surface area (Å²) >= 11 is 0. The number of nitrogens with zero attached hydrogens (tertiary/aromatic N) is 1. The molecule has 2 amide bonds. The summed E-state index contributed by atoms with van der Waals surface area (Å²) in [5.41, 5.74) is 3.88. The predicted molar refractivity (Wildman–Crippen MR) is 89.7 cm³/mol. The Bertz CT molecular complexity index is 623. The molecule has 0 aromatic heterocycles. The van der Waals surface area contributed by atoms with Crippen LogP contribution in [0.3, 0.4) is 0 Å². The molecule has 1 fully saturated rings. The van der Waals surface area contributed by atoms with Crippen molar-refractivity contribution >= 4 is 23.2 Å². The van der Waals surface area contributed by atoms with E-state index >= 15 is 0 Å². The van der Waals surface area contributed by atoms with Gasteiger partial charge in [-0.2, -0.15) is 0 Å². The number of carbonyl (C=O) groups excluding carboxylic acids is 2. The molecule has 1 saturated carbocycles. The lowest BCUT2D eigenvalue weighted by Crippen LogP contribution is -2.39. The Balaban J connectivity index is 1.79. The van der Waals surface area contributed by atoms with Crippen LogP contribution >= 0.6 is 0 Å². The number of benzene rings is 1. The first-order valence-corrected chi connectivity index (χ1v) is 8.34. The third kappa shape index (κ3) is 3.72. The molecule has 0 saturated heterocycles. The van der Waals surface area contributed by atoms with E-state index in [0.717, 1.165) is 35.3 Å². The normalized spacial score (nSPS) is 16.9. The Morgan fingerprint density at radius 1 is 1.35 bits per heavy atom. The maximum absolute atomic E-state index is 12.6. The number of ether oxygens (including phenoxy) is 1. The minimum absolute atomic E-state index is 0.00896. The molecule has 0 radical (unpaired) electrons. The Kier molecular flexibility index (Phi) is 4.66. The van der Waals surface area contributed by atoms with Gasteiger partial charge in [0, 0.05) is 19.2 Å². The number of hydrogen-bond donors (Lipinski definition) is 1. The van der Waals surface area contributed by atoms with Crippen LogP contribution in [0.15, 0.2) is 12.1 Å². The van der Waals surface area contributed by atoms with E-state index < -0.39 is 0 Å². The Morgan fingerprint density at radius 2 is 2.13 bits per heavy atom. The van der Waals surface area contributed by atoms with Crippen LogP contribution in [0.1, 0.15) is 37.3 Å². The molecule has 1 aliphatic heterocycles. The van der Waals surface area contributed by atoms with Gasteiger partial charge in [0.15, 0.2) is 0 Å². The van der Waals surface area contributed by atoms with Gasteiger partial charge in [0.1, 0.15) is 6.61 Å². The fourth-order valence-electron chi connectivity index (χ4n) is 3.14. The van der Waals surface area contributed by atoms with Crippen molar-refractivity contribution in [1.29, 1.82) is 0 Å². The molecule has 0 bridgehead atoms. The number of rotatable bonds is 5. The quantitative estimate of drug-likeness (QED) is 0.908. The van der Waals surface area contributed by atoms with Crippen molar-refractivity contribution < 1.29 is 14.3 Å². The van der Waals surface area contributed by atoms with Gasteiger partial charge in [0.2, 0.25) is 5.91 Å². The van der Waals surface area contributed by atoms with Gasteiger partial charge in [-0.05, 0) is 55.7 Å². The van der Waals surface area contributed by atoms with Gasteiger partial charge in [-0.15, -0.1) is 0 Å². The van der Waals surface area contributed by atoms with Gasteiger partial charge in [-0.1, -0.05) is 6.07 Å². The molecule has 23 heavy (non-hydrogen) atoms. The summed E-state index contributed by atoms with van der Waals surface area (Å²) in [6.45, 7) is 5.05. The summed E-state index contributed by atoms with van der Waals surface area (Å²) in [6, 6.07) is 3.88. The van der Waals surface area contributed by atoms with Crippen LogP contribution in [0.2, 0.25) is 0 Å². The highest BCUT2D eigenvalue weighted by Crippen LogP contribution is 2.36. The average molecular weight is 316 g/mol. The molecule has 124 valence electrons. The Labute approximate surface area is 137 Å². The van der Waals surface area contributed by atoms with Crippen LogP contribution in [0.5, 0.6) is 0 Å². The largest absolute Gasteiger partial charge is 0.371 e. The molecule has 1 heterocycles. The first-order valence-electron chi connectivity index (χ1n) is 8.34. The number of amides is 2. The molecule has 5 heteroatoms. The highest BCUT2D eigenvalue weighted by molar-refractivity contribution is 5.99. The SMILES string of the molecule is CC(=O)Nc1ccc(C)c2c1CCCN2C(=O)COCC1CC1. The van der Waals surface area contributed by atoms with E-state index in [1.165, 1.54) is 19.8 Å². The van der Waals surface area contributed by atoms with E-state index in [2.05, 4.69) is 5.32 Å². The topological polar surface area (TPSA) is 58.6 Å². The number of anilines is 2. The number of aryl methyl sites for hydroxylation is 1. The number of fused-ring (bicyclic) bond motifs is 1. The second-order valence-electron chi connectivity index (χ2n) is 6.55. The van der Waals surface area contributed by atoms with Crippen LogP contribution < -0.4 is 10.2 Å². The van der Waals surface area contributed by atoms with Crippen LogP contribution in [-0.4, -0.2) is 31.6 Å². The van der Waals surface area contributed by atoms with Gasteiger partial charge < -0.3 is 15.0 Å². The third-order valence-corrected chi connectivity index (χ3v) is 4.45. The summed E-state index contributed by atoms with van der Waals surface area (Å²) in [7, 11) is 0. The van der Waals surface area contributed by atoms with Gasteiger partial charge in [-0.3, -0.25) is 9.59 Å². The molecule has 1 aromatic rings. The van der Waals surface area contributed by atoms with Crippen LogP contribution in [-0.2, 0) is 20.7 Å². The monoisotopic (exact) mass is 316 g/mol. The van der Waals surface area contributed by atoms with Gasteiger partial charge in [0.25, 0.3) is 5.91 Å². The summed E-state index contributed by atoms with van der Waals surface area (Å²) in [5.74, 6) is 0.575. The van der Waals surface area contributed by atoms with Gasteiger partial charge in [-0.25, -0.2) is 0 Å². The van der Waals surface area contributed by atoms with E-state index in [0.29, 0.717) is 19.1 Å². The van der Waals surface area contributed by atoms with Crippen LogP contribution in [0.25, 0.3) is 0 Å². The molecular weight excluding hydrogens is 292 g/mol. The molecule has 5 nitrogen and oxygen atoms in total. The van der Waals surface area contributed by atoms with Crippen LogP contribution in [0, 0.1) is 12.8 Å². The maximum Gasteiger partial charge on any atom is 0.252 e. The molecule has 2 aliphatic rings. The van der Waals surface area contributed by atoms with Crippen molar-refractivity contribution in [2.75, 3.05) is 30.0 Å². The standard InChI is InChI=1S/C18H24N2O3/c1-12-5-8-16(19-13(2)21)15-4-3-9-20(18(12)15)17(22)11-23-10-14-6-7-14/h5,8,14H,3-4,6-7,9-11H2,1-2H3,(H,19,21). The van der Waals surface area contributed by atoms with Crippen LogP contribution in [0.4, 0.5) is 11.4 Å². The highest BCUT2D eigenvalue weighted by Gasteiger charge is 2.27. The van der Waals surface area contributed by atoms with E-state index in [-0.39, 0.29) is 18.4 Å². The van der Waals surface area contributed by atoms with Crippen molar-refractivity contribution in [1.82, 2.24) is 0 Å². The lowest BCUT2D eigenvalue weighted by Gasteiger charge is -2.32. The fraction of sp³-hybridized carbons (Fsp3) is 0.556. The Morgan fingerprint density at radius 3 is 2.83 bits per heavy atom. The molecule has 1 aliphatic carbocycles. The summed E-state index contributed by atoms with van der Waals surface area (Å²) in [4.78, 5) is 25.8. The smallest absolute Gasteiger partial charge is 0.252 e. The zero-order chi connectivity index (χ0) is 16.4. The van der Waals surface area contributed by atoms with E-state index in [1.807, 2.05) is 24.0 Å². The third-order valence-electron chi connectivity index (χ3n) is 4.45. The minimum Gasteiger partial charge on any atom is -0.371 e. The first kappa shape index (κ1) is 16.0. The van der Waals surface area contributed by atoms with Crippen molar-refractivity contribution in [3.05, 3.63) is 23.3 Å². The number of carbonyl (C=O) groups is 2. The van der Waals surface area contributed by atoms with Gasteiger partial charge >= 0.3 is 0 Å².